The fourth-order valence-electron chi connectivity index (χ4n) is 3.61. The first-order valence-corrected chi connectivity index (χ1v) is 9.90. The Morgan fingerprint density at radius 2 is 2.03 bits per heavy atom. The Morgan fingerprint density at radius 3 is 2.61 bits per heavy atom. The second kappa shape index (κ2) is 8.50. The lowest BCUT2D eigenvalue weighted by atomic mass is 10.0. The number of anilines is 2. The summed E-state index contributed by atoms with van der Waals surface area (Å²) in [6, 6.07) is 10.5. The van der Waals surface area contributed by atoms with Crippen LogP contribution in [-0.2, 0) is 17.5 Å². The number of rotatable bonds is 7. The highest BCUT2D eigenvalue weighted by Crippen LogP contribution is 2.35. The molecule has 0 bridgehead atoms. The number of aromatic nitrogens is 3. The molecule has 2 aromatic heterocycles. The molecule has 9 nitrogen and oxygen atoms in total. The van der Waals surface area contributed by atoms with Gasteiger partial charge >= 0.3 is 12.1 Å². The fraction of sp³-hybridized carbons (Fsp3) is 0.333. The lowest BCUT2D eigenvalue weighted by Gasteiger charge is -2.36. The summed E-state index contributed by atoms with van der Waals surface area (Å²) in [5.74, 6) is -0.580. The van der Waals surface area contributed by atoms with Crippen molar-refractivity contribution < 1.29 is 27.8 Å². The molecule has 172 valence electrons. The maximum absolute atomic E-state index is 13.6. The van der Waals surface area contributed by atoms with Gasteiger partial charge in [-0.05, 0) is 17.7 Å². The molecule has 0 atom stereocenters. The van der Waals surface area contributed by atoms with Crippen LogP contribution in [0.25, 0.3) is 5.65 Å². The number of carboxylic acid groups (broad SMARTS) is 1. The van der Waals surface area contributed by atoms with Crippen LogP contribution in [0.4, 0.5) is 24.7 Å². The third-order valence-electron chi connectivity index (χ3n) is 5.31. The second-order valence-corrected chi connectivity index (χ2v) is 7.59. The topological polar surface area (TPSA) is 107 Å². The zero-order valence-electron chi connectivity index (χ0n) is 17.5. The predicted molar refractivity (Wildman–Crippen MR) is 111 cm³/mol. The molecule has 12 heteroatoms. The number of halogens is 3. The van der Waals surface area contributed by atoms with Crippen LogP contribution in [-0.4, -0.2) is 52.4 Å². The number of carboxylic acids is 1. The monoisotopic (exact) mass is 460 g/mol. The molecular formula is C21H19F3N6O3. The first-order chi connectivity index (χ1) is 15.7. The summed E-state index contributed by atoms with van der Waals surface area (Å²) in [5, 5.41) is 22.6. The predicted octanol–water partition coefficient (Wildman–Crippen LogP) is 2.81. The Kier molecular flexibility index (Phi) is 5.71. The van der Waals surface area contributed by atoms with Gasteiger partial charge in [-0.1, -0.05) is 12.1 Å². The minimum atomic E-state index is -4.71. The van der Waals surface area contributed by atoms with Gasteiger partial charge in [0.25, 0.3) is 0 Å². The minimum absolute atomic E-state index is 0.102. The van der Waals surface area contributed by atoms with Crippen molar-refractivity contribution in [2.75, 3.05) is 36.5 Å². The van der Waals surface area contributed by atoms with E-state index in [0.717, 1.165) is 5.56 Å². The van der Waals surface area contributed by atoms with E-state index in [-0.39, 0.29) is 29.6 Å². The van der Waals surface area contributed by atoms with E-state index < -0.39 is 24.4 Å². The van der Waals surface area contributed by atoms with E-state index in [1.807, 2.05) is 0 Å². The molecule has 0 amide bonds. The average Bonchev–Trinajstić information content (AvgIpc) is 3.17. The van der Waals surface area contributed by atoms with E-state index in [0.29, 0.717) is 29.6 Å². The molecule has 1 aliphatic heterocycles. The molecule has 1 fully saturated rings. The molecule has 0 spiro atoms. The van der Waals surface area contributed by atoms with Crippen LogP contribution in [0.15, 0.2) is 36.5 Å². The van der Waals surface area contributed by atoms with Crippen molar-refractivity contribution in [3.05, 3.63) is 47.8 Å². The SMILES string of the molecule is COc1ccc(CN(CC(=O)O)c2cc(N3CC(C#N)C3)nn3c(C(F)(F)F)cnc23)cc1. The normalized spacial score (nSPS) is 14.1. The number of alkyl halides is 3. The van der Waals surface area contributed by atoms with Gasteiger partial charge in [0.05, 0.1) is 31.0 Å². The Labute approximate surface area is 186 Å². The lowest BCUT2D eigenvalue weighted by Crippen LogP contribution is -2.46. The van der Waals surface area contributed by atoms with E-state index >= 15 is 0 Å². The zero-order chi connectivity index (χ0) is 23.8. The van der Waals surface area contributed by atoms with Crippen LogP contribution < -0.4 is 14.5 Å². The van der Waals surface area contributed by atoms with E-state index in [2.05, 4.69) is 16.2 Å². The Hall–Kier alpha value is -4.01. The molecule has 3 heterocycles. The number of hydrogen-bond donors (Lipinski definition) is 1. The smallest absolute Gasteiger partial charge is 0.435 e. The van der Waals surface area contributed by atoms with Gasteiger partial charge in [-0.3, -0.25) is 4.79 Å². The van der Waals surface area contributed by atoms with Crippen molar-refractivity contribution in [3.8, 4) is 11.8 Å². The number of fused-ring (bicyclic) bond motifs is 1. The maximum Gasteiger partial charge on any atom is 0.435 e. The molecule has 0 saturated carbocycles. The molecule has 3 aromatic rings. The number of carbonyl (C=O) groups is 1. The van der Waals surface area contributed by atoms with Gasteiger partial charge < -0.3 is 19.6 Å². The van der Waals surface area contributed by atoms with Crippen LogP contribution in [0.1, 0.15) is 11.3 Å². The van der Waals surface area contributed by atoms with Crippen LogP contribution in [0.2, 0.25) is 0 Å². The van der Waals surface area contributed by atoms with E-state index in [1.54, 1.807) is 29.2 Å². The first-order valence-electron chi connectivity index (χ1n) is 9.90. The third-order valence-corrected chi connectivity index (χ3v) is 5.31. The number of aliphatic carboxylic acids is 1. The second-order valence-electron chi connectivity index (χ2n) is 7.59. The molecule has 0 radical (unpaired) electrons. The largest absolute Gasteiger partial charge is 0.497 e. The fourth-order valence-corrected chi connectivity index (χ4v) is 3.61. The van der Waals surface area contributed by atoms with Crippen molar-refractivity contribution in [3.63, 3.8) is 0 Å². The zero-order valence-corrected chi connectivity index (χ0v) is 17.5. The molecule has 4 rings (SSSR count). The van der Waals surface area contributed by atoms with Gasteiger partial charge in [0.15, 0.2) is 17.2 Å². The lowest BCUT2D eigenvalue weighted by molar-refractivity contribution is -0.142. The van der Waals surface area contributed by atoms with E-state index in [1.165, 1.54) is 18.1 Å². The highest BCUT2D eigenvalue weighted by molar-refractivity contribution is 5.79. The number of methoxy groups -OCH3 is 1. The van der Waals surface area contributed by atoms with Gasteiger partial charge in [0.1, 0.15) is 12.3 Å². The van der Waals surface area contributed by atoms with E-state index in [4.69, 9.17) is 10.00 Å². The van der Waals surface area contributed by atoms with Crippen molar-refractivity contribution in [2.45, 2.75) is 12.7 Å². The van der Waals surface area contributed by atoms with Crippen LogP contribution in [0.3, 0.4) is 0 Å². The first kappa shape index (κ1) is 22.2. The molecular weight excluding hydrogens is 441 g/mol. The number of ether oxygens (including phenoxy) is 1. The van der Waals surface area contributed by atoms with Crippen molar-refractivity contribution in [2.24, 2.45) is 5.92 Å². The highest BCUT2D eigenvalue weighted by Gasteiger charge is 2.37. The number of benzene rings is 1. The Morgan fingerprint density at radius 1 is 1.33 bits per heavy atom. The van der Waals surface area contributed by atoms with Gasteiger partial charge in [0.2, 0.25) is 0 Å². The van der Waals surface area contributed by atoms with Gasteiger partial charge in [-0.15, -0.1) is 5.10 Å². The molecule has 1 aromatic carbocycles. The molecule has 0 aliphatic carbocycles. The van der Waals surface area contributed by atoms with Crippen LogP contribution in [0, 0.1) is 17.2 Å². The number of nitriles is 1. The molecule has 1 aliphatic rings. The van der Waals surface area contributed by atoms with Crippen molar-refractivity contribution in [1.29, 1.82) is 5.26 Å². The summed E-state index contributed by atoms with van der Waals surface area (Å²) in [4.78, 5) is 18.6. The molecule has 1 saturated heterocycles. The maximum atomic E-state index is 13.6. The summed E-state index contributed by atoms with van der Waals surface area (Å²) in [7, 11) is 1.52. The molecule has 33 heavy (non-hydrogen) atoms. The third kappa shape index (κ3) is 4.48. The quantitative estimate of drug-likeness (QED) is 0.574. The summed E-state index contributed by atoms with van der Waals surface area (Å²) < 4.78 is 46.6. The average molecular weight is 460 g/mol. The number of nitrogens with zero attached hydrogens (tertiary/aromatic N) is 6. The summed E-state index contributed by atoms with van der Waals surface area (Å²) in [6.45, 7) is 0.272. The van der Waals surface area contributed by atoms with Crippen LogP contribution >= 0.6 is 0 Å². The van der Waals surface area contributed by atoms with Crippen LogP contribution in [0.5, 0.6) is 5.75 Å². The van der Waals surface area contributed by atoms with Crippen molar-refractivity contribution in [1.82, 2.24) is 14.6 Å². The van der Waals surface area contributed by atoms with Gasteiger partial charge in [0, 0.05) is 25.7 Å². The summed E-state index contributed by atoms with van der Waals surface area (Å²) in [5.41, 5.74) is -0.269. The Balaban J connectivity index is 1.81. The number of hydrogen-bond acceptors (Lipinski definition) is 7. The number of imidazole rings is 1. The highest BCUT2D eigenvalue weighted by atomic mass is 19.4. The molecule has 1 N–H and O–H groups in total. The van der Waals surface area contributed by atoms with Gasteiger partial charge in [-0.2, -0.15) is 18.4 Å². The minimum Gasteiger partial charge on any atom is -0.497 e. The standard InChI is InChI=1S/C21H19F3N6O3/c1-33-15-4-2-13(3-5-15)9-28(12-19(31)32)16-6-18(29-10-14(7-25)11-29)27-30-17(21(22,23)24)8-26-20(16)30/h2-6,8,14H,9-12H2,1H3,(H,31,32). The Bertz CT molecular complexity index is 1210. The van der Waals surface area contributed by atoms with Crippen molar-refractivity contribution >= 4 is 23.1 Å². The van der Waals surface area contributed by atoms with Gasteiger partial charge in [-0.25, -0.2) is 9.50 Å². The molecule has 0 unspecified atom stereocenters. The van der Waals surface area contributed by atoms with E-state index in [9.17, 15) is 23.1 Å². The summed E-state index contributed by atoms with van der Waals surface area (Å²) >= 11 is 0. The summed E-state index contributed by atoms with van der Waals surface area (Å²) in [6.07, 6.45) is -4.03.